The van der Waals surface area contributed by atoms with E-state index in [9.17, 15) is 14.3 Å². The van der Waals surface area contributed by atoms with E-state index in [2.05, 4.69) is 16.8 Å². The average Bonchev–Trinajstić information content (AvgIpc) is 3.30. The molecule has 0 radical (unpaired) electrons. The van der Waals surface area contributed by atoms with Gasteiger partial charge in [0.25, 0.3) is 0 Å². The Kier molecular flexibility index (Phi) is 9.35. The van der Waals surface area contributed by atoms with Crippen LogP contribution < -0.4 is 44.5 Å². The third kappa shape index (κ3) is 6.17. The molecular formula is C23H27ClFN4NaO3. The first-order valence-electron chi connectivity index (χ1n) is 11.1. The van der Waals surface area contributed by atoms with E-state index in [1.807, 2.05) is 6.07 Å². The molecule has 4 rings (SSSR count). The molecule has 0 bridgehead atoms. The smallest absolute Gasteiger partial charge is 0.548 e. The number of anilines is 2. The summed E-state index contributed by atoms with van der Waals surface area (Å²) in [4.78, 5) is 24.8. The van der Waals surface area contributed by atoms with Gasteiger partial charge < -0.3 is 24.4 Å². The Labute approximate surface area is 220 Å². The standard InChI is InChI=1S/C23H28ClFN4O3.Na/c1-2-12-32-16-7-10-28(11-8-16)20-14-21(29-9-3-4-19(29)23(30)31)27-22(26-20)15-5-6-17(24)18(25)13-15;/h5-6,13-14,16,19H,2-4,7-12H2,1H3,(H,30,31);/q;+1/p-1/t19-;/m1./s1. The summed E-state index contributed by atoms with van der Waals surface area (Å²) in [5.41, 5.74) is 0.486. The van der Waals surface area contributed by atoms with Crippen molar-refractivity contribution in [3.63, 3.8) is 0 Å². The van der Waals surface area contributed by atoms with E-state index in [0.29, 0.717) is 36.0 Å². The zero-order valence-corrected chi connectivity index (χ0v) is 21.9. The molecule has 172 valence electrons. The monoisotopic (exact) mass is 484 g/mol. The largest absolute Gasteiger partial charge is 1.00 e. The molecule has 0 spiro atoms. The third-order valence-electron chi connectivity index (χ3n) is 6.02. The van der Waals surface area contributed by atoms with Crippen LogP contribution in [0.3, 0.4) is 0 Å². The number of piperidine rings is 1. The van der Waals surface area contributed by atoms with Crippen molar-refractivity contribution in [3.05, 3.63) is 35.1 Å². The van der Waals surface area contributed by atoms with Gasteiger partial charge in [-0.2, -0.15) is 0 Å². The first-order chi connectivity index (χ1) is 15.5. The Morgan fingerprint density at radius 3 is 2.58 bits per heavy atom. The van der Waals surface area contributed by atoms with E-state index in [0.717, 1.165) is 45.4 Å². The first kappa shape index (κ1) is 26.2. The van der Waals surface area contributed by atoms with Crippen molar-refractivity contribution in [3.8, 4) is 11.4 Å². The van der Waals surface area contributed by atoms with Crippen LogP contribution >= 0.6 is 11.6 Å². The fourth-order valence-electron chi connectivity index (χ4n) is 4.32. The maximum absolute atomic E-state index is 14.1. The molecule has 0 saturated carbocycles. The van der Waals surface area contributed by atoms with Crippen molar-refractivity contribution < 1.29 is 48.6 Å². The van der Waals surface area contributed by atoms with Crippen molar-refractivity contribution in [1.29, 1.82) is 0 Å². The van der Waals surface area contributed by atoms with Crippen LogP contribution in [0.5, 0.6) is 0 Å². The second-order valence-electron chi connectivity index (χ2n) is 8.26. The Bertz CT molecular complexity index is 975. The number of nitrogens with zero attached hydrogens (tertiary/aromatic N) is 4. The van der Waals surface area contributed by atoms with Crippen molar-refractivity contribution in [1.82, 2.24) is 9.97 Å². The number of carboxylic acids is 1. The van der Waals surface area contributed by atoms with Crippen LogP contribution in [0, 0.1) is 5.82 Å². The van der Waals surface area contributed by atoms with Crippen LogP contribution in [0.2, 0.25) is 5.02 Å². The summed E-state index contributed by atoms with van der Waals surface area (Å²) in [6.07, 6.45) is 4.24. The number of ether oxygens (including phenoxy) is 1. The predicted molar refractivity (Wildman–Crippen MR) is 119 cm³/mol. The van der Waals surface area contributed by atoms with Crippen LogP contribution in [-0.2, 0) is 9.53 Å². The van der Waals surface area contributed by atoms with E-state index in [1.165, 1.54) is 12.1 Å². The van der Waals surface area contributed by atoms with Crippen molar-refractivity contribution in [2.45, 2.75) is 51.2 Å². The van der Waals surface area contributed by atoms with Gasteiger partial charge in [-0.1, -0.05) is 18.5 Å². The molecule has 0 aliphatic carbocycles. The molecular weight excluding hydrogens is 458 g/mol. The summed E-state index contributed by atoms with van der Waals surface area (Å²) < 4.78 is 20.0. The van der Waals surface area contributed by atoms with Gasteiger partial charge in [0, 0.05) is 37.9 Å². The van der Waals surface area contributed by atoms with Gasteiger partial charge >= 0.3 is 29.6 Å². The number of aliphatic carboxylic acids is 1. The van der Waals surface area contributed by atoms with E-state index >= 15 is 0 Å². The van der Waals surface area contributed by atoms with Crippen LogP contribution in [0.15, 0.2) is 24.3 Å². The summed E-state index contributed by atoms with van der Waals surface area (Å²) in [6, 6.07) is 5.53. The molecule has 0 unspecified atom stereocenters. The molecule has 2 aliphatic heterocycles. The second kappa shape index (κ2) is 11.8. The predicted octanol–water partition coefficient (Wildman–Crippen LogP) is 0.0542. The Balaban J connectivity index is 0.00000306. The van der Waals surface area contributed by atoms with E-state index in [-0.39, 0.29) is 40.7 Å². The summed E-state index contributed by atoms with van der Waals surface area (Å²) in [6.45, 7) is 4.95. The zero-order chi connectivity index (χ0) is 22.7. The SMILES string of the molecule is CCCOC1CCN(c2cc(N3CCC[C@@H]3C(=O)[O-])nc(-c3ccc(Cl)c(F)c3)n2)CC1.[Na+]. The molecule has 2 saturated heterocycles. The maximum Gasteiger partial charge on any atom is 1.00 e. The fourth-order valence-corrected chi connectivity index (χ4v) is 4.44. The first-order valence-corrected chi connectivity index (χ1v) is 11.5. The summed E-state index contributed by atoms with van der Waals surface area (Å²) >= 11 is 5.84. The molecule has 2 fully saturated rings. The van der Waals surface area contributed by atoms with Gasteiger partial charge in [0.2, 0.25) is 0 Å². The van der Waals surface area contributed by atoms with Crippen LogP contribution in [0.25, 0.3) is 11.4 Å². The molecule has 1 atom stereocenters. The van der Waals surface area contributed by atoms with E-state index in [4.69, 9.17) is 21.3 Å². The number of carbonyl (C=O) groups is 1. The molecule has 33 heavy (non-hydrogen) atoms. The summed E-state index contributed by atoms with van der Waals surface area (Å²) in [5.74, 6) is -0.130. The molecule has 0 N–H and O–H groups in total. The minimum absolute atomic E-state index is 0. The number of hydrogen-bond acceptors (Lipinski definition) is 7. The molecule has 2 aliphatic rings. The maximum atomic E-state index is 14.1. The Morgan fingerprint density at radius 1 is 1.18 bits per heavy atom. The number of halogens is 2. The summed E-state index contributed by atoms with van der Waals surface area (Å²) in [5, 5.41) is 11.7. The number of carboxylic acid groups (broad SMARTS) is 1. The molecule has 1 aromatic carbocycles. The Morgan fingerprint density at radius 2 is 1.91 bits per heavy atom. The van der Waals surface area contributed by atoms with Gasteiger partial charge in [-0.15, -0.1) is 0 Å². The quantitative estimate of drug-likeness (QED) is 0.514. The molecule has 10 heteroatoms. The minimum Gasteiger partial charge on any atom is -0.548 e. The second-order valence-corrected chi connectivity index (χ2v) is 8.67. The summed E-state index contributed by atoms with van der Waals surface area (Å²) in [7, 11) is 0. The van der Waals surface area contributed by atoms with E-state index in [1.54, 1.807) is 11.0 Å². The van der Waals surface area contributed by atoms with Crippen LogP contribution in [0.4, 0.5) is 16.0 Å². The third-order valence-corrected chi connectivity index (χ3v) is 6.33. The molecule has 2 aromatic rings. The van der Waals surface area contributed by atoms with Gasteiger partial charge in [0.05, 0.1) is 23.1 Å². The molecule has 0 amide bonds. The zero-order valence-electron chi connectivity index (χ0n) is 19.1. The Hall–Kier alpha value is -1.45. The number of rotatable bonds is 7. The number of benzene rings is 1. The van der Waals surface area contributed by atoms with Crippen molar-refractivity contribution in [2.75, 3.05) is 36.0 Å². The molecule has 7 nitrogen and oxygen atoms in total. The van der Waals surface area contributed by atoms with Gasteiger partial charge in [-0.3, -0.25) is 0 Å². The normalized spacial score (nSPS) is 18.9. The van der Waals surface area contributed by atoms with Gasteiger partial charge in [-0.05, 0) is 50.3 Å². The minimum atomic E-state index is -1.12. The topological polar surface area (TPSA) is 81.6 Å². The average molecular weight is 485 g/mol. The number of carbonyl (C=O) groups excluding carboxylic acids is 1. The number of aromatic nitrogens is 2. The molecule has 1 aromatic heterocycles. The fraction of sp³-hybridized carbons (Fsp3) is 0.522. The van der Waals surface area contributed by atoms with Crippen LogP contribution in [0.1, 0.15) is 39.0 Å². The van der Waals surface area contributed by atoms with Crippen LogP contribution in [-0.4, -0.2) is 54.3 Å². The van der Waals surface area contributed by atoms with Gasteiger partial charge in [0.15, 0.2) is 5.82 Å². The van der Waals surface area contributed by atoms with Gasteiger partial charge in [0.1, 0.15) is 17.5 Å². The number of hydrogen-bond donors (Lipinski definition) is 0. The van der Waals surface area contributed by atoms with Crippen molar-refractivity contribution in [2.24, 2.45) is 0 Å². The molecule has 3 heterocycles. The van der Waals surface area contributed by atoms with E-state index < -0.39 is 17.8 Å². The van der Waals surface area contributed by atoms with Gasteiger partial charge in [-0.25, -0.2) is 14.4 Å². The van der Waals surface area contributed by atoms with Crippen molar-refractivity contribution >= 4 is 29.2 Å².